The van der Waals surface area contributed by atoms with Gasteiger partial charge in [0.05, 0.1) is 0 Å². The molecule has 13 heavy (non-hydrogen) atoms. The van der Waals surface area contributed by atoms with Crippen molar-refractivity contribution in [3.05, 3.63) is 44.2 Å². The van der Waals surface area contributed by atoms with E-state index in [0.29, 0.717) is 5.02 Å². The molecule has 0 atom stereocenters. The summed E-state index contributed by atoms with van der Waals surface area (Å²) in [6.45, 7) is 0. The molecule has 0 amide bonds. The largest absolute Gasteiger partial charge is 0.328 e. The fourth-order valence-corrected chi connectivity index (χ4v) is 2.15. The Morgan fingerprint density at radius 1 is 1.31 bits per heavy atom. The Balaban J connectivity index is 2.94. The molecule has 2 rings (SSSR count). The Kier molecular flexibility index (Phi) is 2.14. The van der Waals surface area contributed by atoms with Gasteiger partial charge in [0.15, 0.2) is 0 Å². The number of pyridine rings is 1. The SMILES string of the molecule is O=c1cc2cc(Cl)cc(Br)c2c[nH]1. The van der Waals surface area contributed by atoms with Gasteiger partial charge in [0.1, 0.15) is 0 Å². The quantitative estimate of drug-likeness (QED) is 0.774. The average Bonchev–Trinajstić information content (AvgIpc) is 2.02. The van der Waals surface area contributed by atoms with Crippen LogP contribution in [0.2, 0.25) is 5.02 Å². The number of hydrogen-bond acceptors (Lipinski definition) is 1. The first kappa shape index (κ1) is 8.78. The van der Waals surface area contributed by atoms with Crippen LogP contribution in [0.25, 0.3) is 10.8 Å². The normalized spacial score (nSPS) is 10.6. The van der Waals surface area contributed by atoms with Gasteiger partial charge in [0, 0.05) is 27.1 Å². The van der Waals surface area contributed by atoms with Crippen LogP contribution in [0.15, 0.2) is 33.7 Å². The van der Waals surface area contributed by atoms with Gasteiger partial charge in [0.2, 0.25) is 5.56 Å². The number of halogens is 2. The topological polar surface area (TPSA) is 32.9 Å². The Hall–Kier alpha value is -0.800. The van der Waals surface area contributed by atoms with Crippen molar-refractivity contribution in [2.45, 2.75) is 0 Å². The fourth-order valence-electron chi connectivity index (χ4n) is 1.20. The first-order valence-electron chi connectivity index (χ1n) is 3.64. The molecule has 0 saturated carbocycles. The summed E-state index contributed by atoms with van der Waals surface area (Å²) in [7, 11) is 0. The highest BCUT2D eigenvalue weighted by atomic mass is 79.9. The minimum atomic E-state index is -0.123. The lowest BCUT2D eigenvalue weighted by molar-refractivity contribution is 1.27. The van der Waals surface area contributed by atoms with E-state index in [0.717, 1.165) is 15.2 Å². The summed E-state index contributed by atoms with van der Waals surface area (Å²) in [6.07, 6.45) is 1.66. The zero-order valence-corrected chi connectivity index (χ0v) is 8.82. The van der Waals surface area contributed by atoms with Gasteiger partial charge in [-0.15, -0.1) is 0 Å². The molecule has 4 heteroatoms. The molecule has 0 saturated heterocycles. The predicted octanol–water partition coefficient (Wildman–Crippen LogP) is 2.94. The van der Waals surface area contributed by atoms with Gasteiger partial charge in [-0.05, 0) is 17.5 Å². The van der Waals surface area contributed by atoms with Crippen LogP contribution >= 0.6 is 27.5 Å². The number of nitrogens with one attached hydrogen (secondary N) is 1. The first-order chi connectivity index (χ1) is 6.16. The average molecular weight is 259 g/mol. The van der Waals surface area contributed by atoms with E-state index in [-0.39, 0.29) is 5.56 Å². The lowest BCUT2D eigenvalue weighted by atomic mass is 10.2. The van der Waals surface area contributed by atoms with Gasteiger partial charge in [-0.2, -0.15) is 0 Å². The second kappa shape index (κ2) is 3.16. The van der Waals surface area contributed by atoms with Gasteiger partial charge in [-0.25, -0.2) is 0 Å². The zero-order valence-electron chi connectivity index (χ0n) is 6.47. The first-order valence-corrected chi connectivity index (χ1v) is 4.81. The minimum absolute atomic E-state index is 0.123. The van der Waals surface area contributed by atoms with Crippen LogP contribution in [0.3, 0.4) is 0 Å². The van der Waals surface area contributed by atoms with Crippen LogP contribution in [0.5, 0.6) is 0 Å². The maximum Gasteiger partial charge on any atom is 0.248 e. The van der Waals surface area contributed by atoms with E-state index in [4.69, 9.17) is 11.6 Å². The summed E-state index contributed by atoms with van der Waals surface area (Å²) in [6, 6.07) is 5.07. The van der Waals surface area contributed by atoms with Gasteiger partial charge < -0.3 is 4.98 Å². The highest BCUT2D eigenvalue weighted by Crippen LogP contribution is 2.26. The van der Waals surface area contributed by atoms with Crippen LogP contribution in [-0.2, 0) is 0 Å². The van der Waals surface area contributed by atoms with E-state index >= 15 is 0 Å². The van der Waals surface area contributed by atoms with Crippen molar-refractivity contribution in [1.82, 2.24) is 4.98 Å². The van der Waals surface area contributed by atoms with Crippen molar-refractivity contribution in [2.75, 3.05) is 0 Å². The molecule has 1 N–H and O–H groups in total. The second-order valence-corrected chi connectivity index (χ2v) is 3.98. The number of rotatable bonds is 0. The maximum absolute atomic E-state index is 11.0. The molecular weight excluding hydrogens is 253 g/mol. The maximum atomic E-state index is 11.0. The summed E-state index contributed by atoms with van der Waals surface area (Å²) < 4.78 is 0.881. The van der Waals surface area contributed by atoms with Gasteiger partial charge >= 0.3 is 0 Å². The highest BCUT2D eigenvalue weighted by molar-refractivity contribution is 9.10. The molecule has 0 fully saturated rings. The Morgan fingerprint density at radius 2 is 2.08 bits per heavy atom. The van der Waals surface area contributed by atoms with E-state index < -0.39 is 0 Å². The molecule has 0 spiro atoms. The third kappa shape index (κ3) is 1.62. The Morgan fingerprint density at radius 3 is 2.85 bits per heavy atom. The molecule has 0 aliphatic heterocycles. The standard InChI is InChI=1S/C9H5BrClNO/c10-8-3-6(11)1-5-2-9(13)12-4-7(5)8/h1-4H,(H,12,13). The van der Waals surface area contributed by atoms with Crippen LogP contribution in [0, 0.1) is 0 Å². The molecule has 0 aliphatic rings. The van der Waals surface area contributed by atoms with Crippen LogP contribution < -0.4 is 5.56 Å². The van der Waals surface area contributed by atoms with Crippen molar-refractivity contribution in [2.24, 2.45) is 0 Å². The molecule has 0 bridgehead atoms. The molecule has 0 unspecified atom stereocenters. The molecule has 0 radical (unpaired) electrons. The lowest BCUT2D eigenvalue weighted by Crippen LogP contribution is -2.01. The lowest BCUT2D eigenvalue weighted by Gasteiger charge is -1.99. The van der Waals surface area contributed by atoms with E-state index in [1.165, 1.54) is 6.07 Å². The number of H-pyrrole nitrogens is 1. The predicted molar refractivity (Wildman–Crippen MR) is 57.3 cm³/mol. The summed E-state index contributed by atoms with van der Waals surface area (Å²) in [4.78, 5) is 13.6. The molecule has 1 aromatic carbocycles. The summed E-state index contributed by atoms with van der Waals surface area (Å²) in [5.41, 5.74) is -0.123. The zero-order chi connectivity index (χ0) is 9.42. The van der Waals surface area contributed by atoms with E-state index in [9.17, 15) is 4.79 Å². The van der Waals surface area contributed by atoms with Crippen LogP contribution in [0.4, 0.5) is 0 Å². The third-order valence-electron chi connectivity index (χ3n) is 1.77. The number of hydrogen-bond donors (Lipinski definition) is 1. The fraction of sp³-hybridized carbons (Fsp3) is 0. The number of aromatic nitrogens is 1. The molecule has 2 nitrogen and oxygen atoms in total. The van der Waals surface area contributed by atoms with E-state index in [1.807, 2.05) is 0 Å². The molecular formula is C9H5BrClNO. The highest BCUT2D eigenvalue weighted by Gasteiger charge is 2.00. The van der Waals surface area contributed by atoms with Crippen molar-refractivity contribution < 1.29 is 0 Å². The van der Waals surface area contributed by atoms with Crippen molar-refractivity contribution >= 4 is 38.3 Å². The molecule has 66 valence electrons. The van der Waals surface area contributed by atoms with Crippen molar-refractivity contribution in [3.8, 4) is 0 Å². The Labute approximate surface area is 87.7 Å². The smallest absolute Gasteiger partial charge is 0.248 e. The molecule has 0 aliphatic carbocycles. The van der Waals surface area contributed by atoms with E-state index in [2.05, 4.69) is 20.9 Å². The van der Waals surface area contributed by atoms with Crippen LogP contribution in [0.1, 0.15) is 0 Å². The number of fused-ring (bicyclic) bond motifs is 1. The minimum Gasteiger partial charge on any atom is -0.328 e. The molecule has 1 heterocycles. The monoisotopic (exact) mass is 257 g/mol. The Bertz CT molecular complexity index is 520. The van der Waals surface area contributed by atoms with Gasteiger partial charge in [-0.3, -0.25) is 4.79 Å². The van der Waals surface area contributed by atoms with Crippen molar-refractivity contribution in [3.63, 3.8) is 0 Å². The summed E-state index contributed by atoms with van der Waals surface area (Å²) >= 11 is 9.20. The van der Waals surface area contributed by atoms with Crippen molar-refractivity contribution in [1.29, 1.82) is 0 Å². The molecule has 2 aromatic rings. The number of benzene rings is 1. The number of aromatic amines is 1. The summed E-state index contributed by atoms with van der Waals surface area (Å²) in [5.74, 6) is 0. The van der Waals surface area contributed by atoms with Gasteiger partial charge in [0.25, 0.3) is 0 Å². The summed E-state index contributed by atoms with van der Waals surface area (Å²) in [5, 5.41) is 2.40. The second-order valence-electron chi connectivity index (χ2n) is 2.69. The molecule has 1 aromatic heterocycles. The third-order valence-corrected chi connectivity index (χ3v) is 2.65. The van der Waals surface area contributed by atoms with Gasteiger partial charge in [-0.1, -0.05) is 27.5 Å². The van der Waals surface area contributed by atoms with Crippen LogP contribution in [-0.4, -0.2) is 4.98 Å². The van der Waals surface area contributed by atoms with E-state index in [1.54, 1.807) is 18.3 Å².